The van der Waals surface area contributed by atoms with Crippen LogP contribution in [0, 0.1) is 12.7 Å². The fourth-order valence-electron chi connectivity index (χ4n) is 3.46. The zero-order valence-corrected chi connectivity index (χ0v) is 17.0. The van der Waals surface area contributed by atoms with Crippen molar-refractivity contribution in [2.75, 3.05) is 37.7 Å². The number of hydrogen-bond acceptors (Lipinski definition) is 4. The van der Waals surface area contributed by atoms with Crippen LogP contribution in [0.25, 0.3) is 0 Å². The number of Topliss-reactive ketones (excluding diaryl/α,β-unsaturated/α-hetero) is 1. The highest BCUT2D eigenvalue weighted by Crippen LogP contribution is 2.22. The van der Waals surface area contributed by atoms with Gasteiger partial charge < -0.3 is 14.5 Å². The number of anilines is 1. The third-order valence-electron chi connectivity index (χ3n) is 5.21. The Morgan fingerprint density at radius 3 is 2.45 bits per heavy atom. The lowest BCUT2D eigenvalue weighted by Gasteiger charge is -2.36. The van der Waals surface area contributed by atoms with E-state index in [0.717, 1.165) is 11.3 Å². The van der Waals surface area contributed by atoms with Crippen LogP contribution in [-0.4, -0.2) is 49.4 Å². The Balaban J connectivity index is 1.43. The second-order valence-corrected chi connectivity index (χ2v) is 7.31. The van der Waals surface area contributed by atoms with Crippen molar-refractivity contribution in [3.8, 4) is 5.75 Å². The van der Waals surface area contributed by atoms with Gasteiger partial charge in [-0.15, -0.1) is 0 Å². The van der Waals surface area contributed by atoms with Crippen molar-refractivity contribution < 1.29 is 18.7 Å². The Labute approximate surface area is 171 Å². The maximum atomic E-state index is 14.3. The van der Waals surface area contributed by atoms with Crippen LogP contribution in [0.2, 0.25) is 0 Å². The molecular formula is C23H27FN2O3. The van der Waals surface area contributed by atoms with Crippen LogP contribution >= 0.6 is 0 Å². The van der Waals surface area contributed by atoms with Gasteiger partial charge in [0.25, 0.3) is 0 Å². The van der Waals surface area contributed by atoms with Crippen LogP contribution in [0.4, 0.5) is 10.1 Å². The monoisotopic (exact) mass is 398 g/mol. The molecule has 0 spiro atoms. The summed E-state index contributed by atoms with van der Waals surface area (Å²) in [6.07, 6.45) is 1.10. The van der Waals surface area contributed by atoms with Gasteiger partial charge in [0, 0.05) is 38.2 Å². The van der Waals surface area contributed by atoms with E-state index in [1.54, 1.807) is 12.1 Å². The van der Waals surface area contributed by atoms with Crippen LogP contribution in [0.3, 0.4) is 0 Å². The number of hydrogen-bond donors (Lipinski definition) is 0. The fraction of sp³-hybridized carbons (Fsp3) is 0.391. The molecule has 1 saturated heterocycles. The van der Waals surface area contributed by atoms with Crippen molar-refractivity contribution in [1.82, 2.24) is 4.90 Å². The van der Waals surface area contributed by atoms with Crippen LogP contribution in [0.1, 0.15) is 35.7 Å². The summed E-state index contributed by atoms with van der Waals surface area (Å²) >= 11 is 0. The fourth-order valence-corrected chi connectivity index (χ4v) is 3.46. The molecule has 29 heavy (non-hydrogen) atoms. The number of rotatable bonds is 7. The number of halogens is 1. The van der Waals surface area contributed by atoms with Crippen molar-refractivity contribution in [1.29, 1.82) is 0 Å². The van der Waals surface area contributed by atoms with E-state index in [-0.39, 0.29) is 11.7 Å². The Morgan fingerprint density at radius 1 is 1.07 bits per heavy atom. The van der Waals surface area contributed by atoms with Gasteiger partial charge in [0.15, 0.2) is 5.78 Å². The van der Waals surface area contributed by atoms with Gasteiger partial charge in [0.2, 0.25) is 5.91 Å². The van der Waals surface area contributed by atoms with E-state index >= 15 is 0 Å². The topological polar surface area (TPSA) is 49.9 Å². The number of ether oxygens (including phenoxy) is 1. The lowest BCUT2D eigenvalue weighted by Crippen LogP contribution is -2.49. The maximum Gasteiger partial charge on any atom is 0.222 e. The first-order valence-corrected chi connectivity index (χ1v) is 9.97. The molecule has 3 rings (SSSR count). The highest BCUT2D eigenvalue weighted by Gasteiger charge is 2.23. The number of aryl methyl sites for hydroxylation is 1. The van der Waals surface area contributed by atoms with Gasteiger partial charge in [-0.05, 0) is 50.1 Å². The van der Waals surface area contributed by atoms with Crippen LogP contribution in [0.15, 0.2) is 42.5 Å². The summed E-state index contributed by atoms with van der Waals surface area (Å²) in [7, 11) is 0. The lowest BCUT2D eigenvalue weighted by molar-refractivity contribution is -0.131. The zero-order valence-electron chi connectivity index (χ0n) is 17.0. The van der Waals surface area contributed by atoms with Crippen molar-refractivity contribution >= 4 is 17.4 Å². The molecule has 6 heteroatoms. The minimum atomic E-state index is -0.397. The summed E-state index contributed by atoms with van der Waals surface area (Å²) in [5.41, 5.74) is 1.93. The van der Waals surface area contributed by atoms with Gasteiger partial charge in [-0.2, -0.15) is 0 Å². The lowest BCUT2D eigenvalue weighted by atomic mass is 10.1. The second-order valence-electron chi connectivity index (χ2n) is 7.31. The molecule has 0 radical (unpaired) electrons. The number of carbonyl (C=O) groups is 2. The summed E-state index contributed by atoms with van der Waals surface area (Å²) in [6.45, 7) is 6.19. The minimum Gasteiger partial charge on any atom is -0.493 e. The zero-order chi connectivity index (χ0) is 20.8. The van der Waals surface area contributed by atoms with Gasteiger partial charge in [-0.1, -0.05) is 18.2 Å². The van der Waals surface area contributed by atoms with E-state index < -0.39 is 5.82 Å². The number of carbonyl (C=O) groups excluding carboxylic acids is 2. The predicted octanol–water partition coefficient (Wildman–Crippen LogP) is 3.84. The molecule has 0 aromatic heterocycles. The molecule has 0 aliphatic carbocycles. The molecule has 1 heterocycles. The summed E-state index contributed by atoms with van der Waals surface area (Å²) in [5.74, 6) is 0.403. The quantitative estimate of drug-likeness (QED) is 0.525. The molecule has 2 aromatic carbocycles. The summed E-state index contributed by atoms with van der Waals surface area (Å²) in [6, 6.07) is 12.4. The largest absolute Gasteiger partial charge is 0.493 e. The van der Waals surface area contributed by atoms with Gasteiger partial charge >= 0.3 is 0 Å². The van der Waals surface area contributed by atoms with Gasteiger partial charge in [0.05, 0.1) is 12.3 Å². The molecule has 0 N–H and O–H groups in total. The van der Waals surface area contributed by atoms with Crippen molar-refractivity contribution in [3.63, 3.8) is 0 Å². The normalized spacial score (nSPS) is 14.0. The SMILES string of the molecule is CC(=O)c1ccc(N2CCN(C(=O)CCCOc3ccccc3C)CC2)c(F)c1. The smallest absolute Gasteiger partial charge is 0.222 e. The van der Waals surface area contributed by atoms with Crippen molar-refractivity contribution in [2.24, 2.45) is 0 Å². The number of amides is 1. The molecule has 5 nitrogen and oxygen atoms in total. The first-order chi connectivity index (χ1) is 14.0. The predicted molar refractivity (Wildman–Crippen MR) is 111 cm³/mol. The number of para-hydroxylation sites is 1. The van der Waals surface area contributed by atoms with E-state index in [1.165, 1.54) is 13.0 Å². The average Bonchev–Trinajstić information content (AvgIpc) is 2.72. The van der Waals surface area contributed by atoms with E-state index in [1.807, 2.05) is 41.0 Å². The average molecular weight is 398 g/mol. The molecule has 0 saturated carbocycles. The first-order valence-electron chi connectivity index (χ1n) is 9.97. The van der Waals surface area contributed by atoms with Crippen LogP contribution < -0.4 is 9.64 Å². The standard InChI is InChI=1S/C23H27FN2O3/c1-17-6-3-4-7-22(17)29-15-5-8-23(28)26-13-11-25(12-14-26)21-10-9-19(18(2)27)16-20(21)24/h3-4,6-7,9-10,16H,5,8,11-15H2,1-2H3. The Morgan fingerprint density at radius 2 is 1.79 bits per heavy atom. The third kappa shape index (κ3) is 5.34. The van der Waals surface area contributed by atoms with Crippen LogP contribution in [-0.2, 0) is 4.79 Å². The minimum absolute atomic E-state index is 0.102. The Hall–Kier alpha value is -2.89. The molecule has 0 bridgehead atoms. The number of ketones is 1. The van der Waals surface area contributed by atoms with Gasteiger partial charge in [-0.25, -0.2) is 4.39 Å². The molecule has 2 aromatic rings. The van der Waals surface area contributed by atoms with Crippen LogP contribution in [0.5, 0.6) is 5.75 Å². The molecule has 0 unspecified atom stereocenters. The van der Waals surface area contributed by atoms with Gasteiger partial charge in [0.1, 0.15) is 11.6 Å². The van der Waals surface area contributed by atoms with E-state index in [0.29, 0.717) is 56.9 Å². The molecule has 1 amide bonds. The molecular weight excluding hydrogens is 371 g/mol. The van der Waals surface area contributed by atoms with E-state index in [9.17, 15) is 14.0 Å². The number of benzene rings is 2. The summed E-state index contributed by atoms with van der Waals surface area (Å²) in [4.78, 5) is 27.6. The Bertz CT molecular complexity index is 876. The molecule has 1 aliphatic rings. The highest BCUT2D eigenvalue weighted by atomic mass is 19.1. The molecule has 1 fully saturated rings. The summed E-state index contributed by atoms with van der Waals surface area (Å²) in [5, 5.41) is 0. The number of nitrogens with zero attached hydrogens (tertiary/aromatic N) is 2. The number of piperazine rings is 1. The second kappa shape index (κ2) is 9.54. The highest BCUT2D eigenvalue weighted by molar-refractivity contribution is 5.94. The third-order valence-corrected chi connectivity index (χ3v) is 5.21. The van der Waals surface area contributed by atoms with Crippen molar-refractivity contribution in [2.45, 2.75) is 26.7 Å². The van der Waals surface area contributed by atoms with E-state index in [4.69, 9.17) is 4.74 Å². The summed E-state index contributed by atoms with van der Waals surface area (Å²) < 4.78 is 20.1. The maximum absolute atomic E-state index is 14.3. The Kier molecular flexibility index (Phi) is 6.86. The molecule has 1 aliphatic heterocycles. The molecule has 0 atom stereocenters. The molecule has 154 valence electrons. The van der Waals surface area contributed by atoms with Gasteiger partial charge in [-0.3, -0.25) is 9.59 Å². The van der Waals surface area contributed by atoms with E-state index in [2.05, 4.69) is 0 Å². The van der Waals surface area contributed by atoms with Crippen molar-refractivity contribution in [3.05, 3.63) is 59.4 Å². The first kappa shape index (κ1) is 20.8.